The van der Waals surface area contributed by atoms with E-state index >= 15 is 0 Å². The molecule has 20 heavy (non-hydrogen) atoms. The first kappa shape index (κ1) is 14.0. The van der Waals surface area contributed by atoms with Gasteiger partial charge in [-0.2, -0.15) is 0 Å². The topological polar surface area (TPSA) is 72.3 Å². The summed E-state index contributed by atoms with van der Waals surface area (Å²) in [5.74, 6) is 0.346. The molecule has 1 N–H and O–H groups in total. The standard InChI is InChI=1S/C15H16N2O3/c1-10(2)11-4-3-5-12(6-11)15-16-7-13(8-17-15)20-9-14(18)19/h3-8,10H,9H2,1-2H3,(H,18,19). The second-order valence-corrected chi connectivity index (χ2v) is 4.70. The van der Waals surface area contributed by atoms with E-state index in [1.807, 2.05) is 12.1 Å². The number of hydrogen-bond acceptors (Lipinski definition) is 4. The van der Waals surface area contributed by atoms with Gasteiger partial charge in [0.25, 0.3) is 0 Å². The lowest BCUT2D eigenvalue weighted by atomic mass is 10.0. The molecule has 5 nitrogen and oxygen atoms in total. The van der Waals surface area contributed by atoms with Crippen molar-refractivity contribution in [2.75, 3.05) is 6.61 Å². The average molecular weight is 272 g/mol. The van der Waals surface area contributed by atoms with Crippen LogP contribution in [0.3, 0.4) is 0 Å². The summed E-state index contributed by atoms with van der Waals surface area (Å²) in [6.07, 6.45) is 2.96. The molecule has 2 rings (SSSR count). The van der Waals surface area contributed by atoms with Crippen LogP contribution in [0, 0.1) is 0 Å². The van der Waals surface area contributed by atoms with Crippen molar-refractivity contribution in [1.82, 2.24) is 9.97 Å². The summed E-state index contributed by atoms with van der Waals surface area (Å²) in [6, 6.07) is 8.04. The van der Waals surface area contributed by atoms with Crippen molar-refractivity contribution >= 4 is 5.97 Å². The van der Waals surface area contributed by atoms with Crippen LogP contribution in [0.2, 0.25) is 0 Å². The molecule has 104 valence electrons. The molecule has 0 aliphatic rings. The molecular weight excluding hydrogens is 256 g/mol. The average Bonchev–Trinajstić information content (AvgIpc) is 2.46. The van der Waals surface area contributed by atoms with E-state index in [1.54, 1.807) is 0 Å². The van der Waals surface area contributed by atoms with E-state index in [0.717, 1.165) is 5.56 Å². The van der Waals surface area contributed by atoms with E-state index in [1.165, 1.54) is 18.0 Å². The van der Waals surface area contributed by atoms with Gasteiger partial charge >= 0.3 is 5.97 Å². The minimum atomic E-state index is -1.03. The number of hydrogen-bond donors (Lipinski definition) is 1. The van der Waals surface area contributed by atoms with Crippen molar-refractivity contribution in [2.45, 2.75) is 19.8 Å². The Bertz CT molecular complexity index is 594. The number of carboxylic acids is 1. The largest absolute Gasteiger partial charge is 0.479 e. The van der Waals surface area contributed by atoms with E-state index in [-0.39, 0.29) is 0 Å². The maximum absolute atomic E-state index is 10.4. The second kappa shape index (κ2) is 6.14. The number of ether oxygens (including phenoxy) is 1. The fraction of sp³-hybridized carbons (Fsp3) is 0.267. The Balaban J connectivity index is 2.17. The maximum Gasteiger partial charge on any atom is 0.341 e. The van der Waals surface area contributed by atoms with Crippen molar-refractivity contribution in [2.24, 2.45) is 0 Å². The molecule has 1 heterocycles. The molecule has 1 aromatic heterocycles. The molecule has 5 heteroatoms. The van der Waals surface area contributed by atoms with Gasteiger partial charge in [-0.05, 0) is 17.5 Å². The Morgan fingerprint density at radius 3 is 2.60 bits per heavy atom. The van der Waals surface area contributed by atoms with Crippen molar-refractivity contribution in [3.05, 3.63) is 42.2 Å². The Morgan fingerprint density at radius 1 is 1.30 bits per heavy atom. The number of benzene rings is 1. The molecule has 0 saturated carbocycles. The number of carboxylic acid groups (broad SMARTS) is 1. The van der Waals surface area contributed by atoms with Crippen molar-refractivity contribution in [1.29, 1.82) is 0 Å². The SMILES string of the molecule is CC(C)c1cccc(-c2ncc(OCC(=O)O)cn2)c1. The minimum Gasteiger partial charge on any atom is -0.479 e. The fourth-order valence-electron chi connectivity index (χ4n) is 1.72. The normalized spacial score (nSPS) is 10.6. The quantitative estimate of drug-likeness (QED) is 0.906. The molecule has 0 radical (unpaired) electrons. The van der Waals surface area contributed by atoms with Crippen LogP contribution in [-0.4, -0.2) is 27.7 Å². The smallest absolute Gasteiger partial charge is 0.341 e. The van der Waals surface area contributed by atoms with Crippen LogP contribution in [0.1, 0.15) is 25.3 Å². The first-order valence-electron chi connectivity index (χ1n) is 6.33. The highest BCUT2D eigenvalue weighted by atomic mass is 16.5. The van der Waals surface area contributed by atoms with Gasteiger partial charge in [0.1, 0.15) is 0 Å². The third-order valence-electron chi connectivity index (χ3n) is 2.80. The lowest BCUT2D eigenvalue weighted by molar-refractivity contribution is -0.139. The van der Waals surface area contributed by atoms with Crippen LogP contribution in [-0.2, 0) is 4.79 Å². The summed E-state index contributed by atoms with van der Waals surface area (Å²) in [5.41, 5.74) is 2.15. The van der Waals surface area contributed by atoms with Gasteiger partial charge in [-0.25, -0.2) is 14.8 Å². The Morgan fingerprint density at radius 2 is 2.00 bits per heavy atom. The van der Waals surface area contributed by atoms with E-state index < -0.39 is 12.6 Å². The summed E-state index contributed by atoms with van der Waals surface area (Å²) in [4.78, 5) is 18.8. The van der Waals surface area contributed by atoms with Crippen LogP contribution in [0.25, 0.3) is 11.4 Å². The number of nitrogens with zero attached hydrogens (tertiary/aromatic N) is 2. The molecular formula is C15H16N2O3. The first-order chi connectivity index (χ1) is 9.56. The van der Waals surface area contributed by atoms with Crippen LogP contribution >= 0.6 is 0 Å². The third kappa shape index (κ3) is 3.54. The van der Waals surface area contributed by atoms with E-state index in [9.17, 15) is 4.79 Å². The van der Waals surface area contributed by atoms with E-state index in [4.69, 9.17) is 9.84 Å². The zero-order valence-electron chi connectivity index (χ0n) is 11.4. The number of aromatic nitrogens is 2. The lowest BCUT2D eigenvalue weighted by Crippen LogP contribution is -2.09. The molecule has 0 amide bonds. The highest BCUT2D eigenvalue weighted by Gasteiger charge is 2.06. The van der Waals surface area contributed by atoms with Crippen LogP contribution in [0.5, 0.6) is 5.75 Å². The molecule has 0 atom stereocenters. The Labute approximate surface area is 117 Å². The van der Waals surface area contributed by atoms with Crippen LogP contribution in [0.15, 0.2) is 36.7 Å². The fourth-order valence-corrected chi connectivity index (χ4v) is 1.72. The number of carbonyl (C=O) groups is 1. The molecule has 0 aliphatic carbocycles. The number of aliphatic carboxylic acids is 1. The summed E-state index contributed by atoms with van der Waals surface area (Å²) < 4.78 is 5.00. The molecule has 0 fully saturated rings. The minimum absolute atomic E-state index is 0.344. The van der Waals surface area contributed by atoms with Gasteiger partial charge < -0.3 is 9.84 Å². The predicted octanol–water partition coefficient (Wildman–Crippen LogP) is 2.73. The monoisotopic (exact) mass is 272 g/mol. The van der Waals surface area contributed by atoms with Gasteiger partial charge in [0.05, 0.1) is 12.4 Å². The van der Waals surface area contributed by atoms with Crippen LogP contribution in [0.4, 0.5) is 0 Å². The molecule has 0 spiro atoms. The Hall–Kier alpha value is -2.43. The van der Waals surface area contributed by atoms with Gasteiger partial charge in [-0.3, -0.25) is 0 Å². The molecule has 0 unspecified atom stereocenters. The van der Waals surface area contributed by atoms with Gasteiger partial charge in [-0.1, -0.05) is 32.0 Å². The molecule has 0 bridgehead atoms. The van der Waals surface area contributed by atoms with Gasteiger partial charge in [-0.15, -0.1) is 0 Å². The Kier molecular flexibility index (Phi) is 4.30. The first-order valence-corrected chi connectivity index (χ1v) is 6.33. The van der Waals surface area contributed by atoms with Crippen molar-refractivity contribution in [3.8, 4) is 17.1 Å². The molecule has 0 aliphatic heterocycles. The zero-order chi connectivity index (χ0) is 14.5. The summed E-state index contributed by atoms with van der Waals surface area (Å²) >= 11 is 0. The molecule has 2 aromatic rings. The highest BCUT2D eigenvalue weighted by Crippen LogP contribution is 2.21. The third-order valence-corrected chi connectivity index (χ3v) is 2.80. The number of rotatable bonds is 5. The van der Waals surface area contributed by atoms with E-state index in [2.05, 4.69) is 35.9 Å². The molecule has 1 aromatic carbocycles. The zero-order valence-corrected chi connectivity index (χ0v) is 11.4. The van der Waals surface area contributed by atoms with E-state index in [0.29, 0.717) is 17.5 Å². The van der Waals surface area contributed by atoms with Gasteiger partial charge in [0, 0.05) is 5.56 Å². The summed E-state index contributed by atoms with van der Waals surface area (Å²) in [7, 11) is 0. The van der Waals surface area contributed by atoms with Gasteiger partial charge in [0.15, 0.2) is 18.2 Å². The summed E-state index contributed by atoms with van der Waals surface area (Å²) in [6.45, 7) is 3.86. The lowest BCUT2D eigenvalue weighted by Gasteiger charge is -2.08. The second-order valence-electron chi connectivity index (χ2n) is 4.70. The molecule has 0 saturated heterocycles. The highest BCUT2D eigenvalue weighted by molar-refractivity contribution is 5.68. The van der Waals surface area contributed by atoms with Crippen molar-refractivity contribution in [3.63, 3.8) is 0 Å². The predicted molar refractivity (Wildman–Crippen MR) is 74.7 cm³/mol. The van der Waals surface area contributed by atoms with Crippen molar-refractivity contribution < 1.29 is 14.6 Å². The summed E-state index contributed by atoms with van der Waals surface area (Å²) in [5, 5.41) is 8.52. The maximum atomic E-state index is 10.4. The van der Waals surface area contributed by atoms with Gasteiger partial charge in [0.2, 0.25) is 0 Å². The van der Waals surface area contributed by atoms with Crippen LogP contribution < -0.4 is 4.74 Å².